The number of benzene rings is 4. The fourth-order valence-corrected chi connectivity index (χ4v) is 6.92. The van der Waals surface area contributed by atoms with Crippen molar-refractivity contribution in [2.45, 2.75) is 38.3 Å². The van der Waals surface area contributed by atoms with Crippen LogP contribution in [0.15, 0.2) is 122 Å². The highest BCUT2D eigenvalue weighted by molar-refractivity contribution is 5.92. The van der Waals surface area contributed by atoms with E-state index in [4.69, 9.17) is 5.10 Å². The van der Waals surface area contributed by atoms with E-state index in [-0.39, 0.29) is 56.2 Å². The van der Waals surface area contributed by atoms with Gasteiger partial charge in [-0.3, -0.25) is 14.3 Å². The number of nitrogens with one attached hydrogen (secondary N) is 1. The molecule has 4 amide bonds. The third-order valence-corrected chi connectivity index (χ3v) is 9.28. The summed E-state index contributed by atoms with van der Waals surface area (Å²) in [5.74, 6) is -0.374. The number of carbonyl (C=O) groups is 3. The number of urea groups is 1. The van der Waals surface area contributed by atoms with E-state index in [1.165, 1.54) is 0 Å². The molecule has 2 unspecified atom stereocenters. The monoisotopic (exact) mass is 669 g/mol. The molecule has 0 aliphatic carbocycles. The summed E-state index contributed by atoms with van der Waals surface area (Å²) in [7, 11) is 0. The number of fused-ring (bicyclic) bond motifs is 2. The molecule has 11 nitrogen and oxygen atoms in total. The molecule has 11 heteroatoms. The SMILES string of the molecule is C=CCN1CC(=O)N2C(Cc3ccc(O)cc3)C(=O)N(Cc3nn(Cc4ccccc4)c4ccccc34)CC2N1C(=O)NCc1ccccc1. The van der Waals surface area contributed by atoms with Gasteiger partial charge in [-0.1, -0.05) is 97.1 Å². The van der Waals surface area contributed by atoms with Gasteiger partial charge in [-0.05, 0) is 34.9 Å². The van der Waals surface area contributed by atoms with Crippen LogP contribution in [0.1, 0.15) is 22.4 Å². The summed E-state index contributed by atoms with van der Waals surface area (Å²) >= 11 is 0. The van der Waals surface area contributed by atoms with E-state index in [0.29, 0.717) is 13.1 Å². The van der Waals surface area contributed by atoms with Gasteiger partial charge in [-0.25, -0.2) is 14.8 Å². The number of aromatic hydroxyl groups is 1. The number of hydrazine groups is 1. The molecule has 254 valence electrons. The van der Waals surface area contributed by atoms with Crippen LogP contribution in [0.3, 0.4) is 0 Å². The van der Waals surface area contributed by atoms with Crippen molar-refractivity contribution in [3.8, 4) is 5.75 Å². The Bertz CT molecular complexity index is 2000. The molecular formula is C39H39N7O4. The van der Waals surface area contributed by atoms with Crippen molar-refractivity contribution in [3.05, 3.63) is 144 Å². The smallest absolute Gasteiger partial charge is 0.334 e. The number of hydrogen-bond donors (Lipinski definition) is 2. The van der Waals surface area contributed by atoms with Crippen molar-refractivity contribution < 1.29 is 19.5 Å². The molecule has 0 spiro atoms. The zero-order chi connectivity index (χ0) is 34.6. The molecule has 2 saturated heterocycles. The Morgan fingerprint density at radius 1 is 0.860 bits per heavy atom. The van der Waals surface area contributed by atoms with Crippen LogP contribution in [0.2, 0.25) is 0 Å². The number of amides is 4. The molecule has 2 fully saturated rings. The van der Waals surface area contributed by atoms with E-state index >= 15 is 0 Å². The standard InChI is InChI=1S/C39H39N7O4/c1-2-21-43-27-37(48)45-35(22-28-17-19-31(47)20-18-28)38(49)42(26-36(45)46(43)39(50)40-23-29-11-5-3-6-12-29)25-33-32-15-9-10-16-34(32)44(41-33)24-30-13-7-4-8-14-30/h2-20,35-36,47H,1,21-27H2,(H,40,50). The van der Waals surface area contributed by atoms with E-state index in [1.807, 2.05) is 77.5 Å². The first-order valence-electron chi connectivity index (χ1n) is 16.7. The summed E-state index contributed by atoms with van der Waals surface area (Å²) in [5, 5.41) is 22.2. The second-order valence-corrected chi connectivity index (χ2v) is 12.6. The zero-order valence-electron chi connectivity index (χ0n) is 27.6. The van der Waals surface area contributed by atoms with E-state index < -0.39 is 12.2 Å². The van der Waals surface area contributed by atoms with Crippen LogP contribution in [0.25, 0.3) is 10.9 Å². The molecule has 1 aromatic heterocycles. The Morgan fingerprint density at radius 2 is 1.54 bits per heavy atom. The number of phenols is 1. The van der Waals surface area contributed by atoms with Crippen molar-refractivity contribution in [2.24, 2.45) is 0 Å². The van der Waals surface area contributed by atoms with Crippen molar-refractivity contribution in [2.75, 3.05) is 19.6 Å². The van der Waals surface area contributed by atoms with Gasteiger partial charge in [0, 0.05) is 24.9 Å². The molecule has 0 bridgehead atoms. The Morgan fingerprint density at radius 3 is 2.26 bits per heavy atom. The lowest BCUT2D eigenvalue weighted by atomic mass is 9.98. The maximum Gasteiger partial charge on any atom is 0.334 e. The van der Waals surface area contributed by atoms with Crippen molar-refractivity contribution in [3.63, 3.8) is 0 Å². The highest BCUT2D eigenvalue weighted by atomic mass is 16.3. The lowest BCUT2D eigenvalue weighted by Gasteiger charge is -2.55. The predicted octanol–water partition coefficient (Wildman–Crippen LogP) is 4.53. The van der Waals surface area contributed by atoms with Gasteiger partial charge in [-0.15, -0.1) is 6.58 Å². The van der Waals surface area contributed by atoms with E-state index in [9.17, 15) is 19.5 Å². The van der Waals surface area contributed by atoms with Crippen LogP contribution in [0, 0.1) is 0 Å². The maximum atomic E-state index is 14.5. The molecule has 2 aliphatic rings. The molecule has 2 aliphatic heterocycles. The Kier molecular flexibility index (Phi) is 9.30. The summed E-state index contributed by atoms with van der Waals surface area (Å²) in [5.41, 5.74) is 4.49. The molecule has 0 radical (unpaired) electrons. The van der Waals surface area contributed by atoms with Gasteiger partial charge in [0.15, 0.2) is 0 Å². The predicted molar refractivity (Wildman–Crippen MR) is 189 cm³/mol. The second kappa shape index (κ2) is 14.3. The normalized spacial score (nSPS) is 18.0. The number of hydrogen-bond acceptors (Lipinski definition) is 6. The van der Waals surface area contributed by atoms with E-state index in [0.717, 1.165) is 33.3 Å². The first-order valence-corrected chi connectivity index (χ1v) is 16.7. The fraction of sp³-hybridized carbons (Fsp3) is 0.231. The van der Waals surface area contributed by atoms with Crippen molar-refractivity contribution in [1.82, 2.24) is 34.9 Å². The third kappa shape index (κ3) is 6.68. The average molecular weight is 670 g/mol. The minimum Gasteiger partial charge on any atom is -0.508 e. The van der Waals surface area contributed by atoms with Gasteiger partial charge in [0.05, 0.1) is 37.4 Å². The molecular weight excluding hydrogens is 630 g/mol. The highest BCUT2D eigenvalue weighted by Crippen LogP contribution is 2.31. The molecule has 2 N–H and O–H groups in total. The van der Waals surface area contributed by atoms with Gasteiger partial charge in [0.1, 0.15) is 18.0 Å². The molecule has 50 heavy (non-hydrogen) atoms. The van der Waals surface area contributed by atoms with Gasteiger partial charge in [0.25, 0.3) is 0 Å². The number of para-hydroxylation sites is 1. The largest absolute Gasteiger partial charge is 0.508 e. The topological polar surface area (TPSA) is 114 Å². The van der Waals surface area contributed by atoms with Crippen LogP contribution < -0.4 is 5.32 Å². The van der Waals surface area contributed by atoms with Crippen LogP contribution in [0.5, 0.6) is 5.75 Å². The van der Waals surface area contributed by atoms with E-state index in [1.54, 1.807) is 50.2 Å². The third-order valence-electron chi connectivity index (χ3n) is 9.28. The highest BCUT2D eigenvalue weighted by Gasteiger charge is 2.51. The van der Waals surface area contributed by atoms with Gasteiger partial charge in [0.2, 0.25) is 11.8 Å². The lowest BCUT2D eigenvalue weighted by molar-refractivity contribution is -0.189. The minimum absolute atomic E-state index is 0.0862. The van der Waals surface area contributed by atoms with Crippen LogP contribution in [-0.4, -0.2) is 84.4 Å². The Hall–Kier alpha value is -5.94. The zero-order valence-corrected chi connectivity index (χ0v) is 27.6. The lowest BCUT2D eigenvalue weighted by Crippen LogP contribution is -2.76. The first kappa shape index (κ1) is 32.6. The first-order chi connectivity index (χ1) is 24.4. The van der Waals surface area contributed by atoms with Gasteiger partial charge >= 0.3 is 6.03 Å². The molecule has 2 atom stereocenters. The summed E-state index contributed by atoms with van der Waals surface area (Å²) in [4.78, 5) is 45.8. The van der Waals surface area contributed by atoms with Gasteiger partial charge in [-0.2, -0.15) is 5.10 Å². The van der Waals surface area contributed by atoms with Crippen LogP contribution in [-0.2, 0) is 35.6 Å². The summed E-state index contributed by atoms with van der Waals surface area (Å²) in [6.07, 6.45) is 1.08. The summed E-state index contributed by atoms with van der Waals surface area (Å²) in [6.45, 7) is 5.18. The molecule has 0 saturated carbocycles. The maximum absolute atomic E-state index is 14.5. The number of nitrogens with zero attached hydrogens (tertiary/aromatic N) is 6. The Labute approximate surface area is 290 Å². The van der Waals surface area contributed by atoms with Crippen LogP contribution >= 0.6 is 0 Å². The summed E-state index contributed by atoms with van der Waals surface area (Å²) in [6, 6.07) is 33.0. The Balaban J connectivity index is 1.25. The number of rotatable bonds is 10. The number of aromatic nitrogens is 2. The molecule has 3 heterocycles. The quantitative estimate of drug-likeness (QED) is 0.212. The number of piperazine rings is 1. The van der Waals surface area contributed by atoms with Crippen LogP contribution in [0.4, 0.5) is 4.79 Å². The average Bonchev–Trinajstić information content (AvgIpc) is 3.47. The van der Waals surface area contributed by atoms with E-state index in [2.05, 4.69) is 24.0 Å². The summed E-state index contributed by atoms with van der Waals surface area (Å²) < 4.78 is 1.95. The number of carbonyl (C=O) groups excluding carboxylic acids is 3. The molecule has 5 aromatic rings. The minimum atomic E-state index is -0.890. The molecule has 7 rings (SSSR count). The fourth-order valence-electron chi connectivity index (χ4n) is 6.92. The second-order valence-electron chi connectivity index (χ2n) is 12.6. The number of phenolic OH excluding ortho intramolecular Hbond substituents is 1. The van der Waals surface area contributed by atoms with Gasteiger partial charge < -0.3 is 20.2 Å². The van der Waals surface area contributed by atoms with Crippen molar-refractivity contribution >= 4 is 28.7 Å². The van der Waals surface area contributed by atoms with Crippen molar-refractivity contribution in [1.29, 1.82) is 0 Å². The molecule has 4 aromatic carbocycles.